The van der Waals surface area contributed by atoms with E-state index in [-0.39, 0.29) is 23.1 Å². The zero-order valence-corrected chi connectivity index (χ0v) is 11.1. The van der Waals surface area contributed by atoms with Crippen LogP contribution in [0.1, 0.15) is 17.9 Å². The average Bonchev–Trinajstić information content (AvgIpc) is 2.83. The van der Waals surface area contributed by atoms with E-state index in [9.17, 15) is 22.0 Å². The van der Waals surface area contributed by atoms with Gasteiger partial charge in [0.1, 0.15) is 5.82 Å². The zero-order chi connectivity index (χ0) is 15.6. The number of aromatic nitrogens is 2. The first kappa shape index (κ1) is 15.6. The van der Waals surface area contributed by atoms with Crippen LogP contribution in [0.5, 0.6) is 0 Å². The minimum atomic E-state index is -4.54. The van der Waals surface area contributed by atoms with Crippen LogP contribution in [0, 0.1) is 0 Å². The van der Waals surface area contributed by atoms with Crippen LogP contribution < -0.4 is 5.32 Å². The van der Waals surface area contributed by atoms with Crippen LogP contribution in [0.15, 0.2) is 30.6 Å². The smallest absolute Gasteiger partial charge is 0.378 e. The lowest BCUT2D eigenvalue weighted by atomic mass is 10.2. The van der Waals surface area contributed by atoms with Crippen molar-refractivity contribution >= 4 is 17.3 Å². The summed E-state index contributed by atoms with van der Waals surface area (Å²) in [5.74, 6) is -0.00136. The van der Waals surface area contributed by atoms with Gasteiger partial charge >= 0.3 is 12.7 Å². The lowest BCUT2D eigenvalue weighted by molar-refractivity contribution is -0.137. The molecule has 114 valence electrons. The number of rotatable bonds is 4. The molecule has 2 rings (SSSR count). The molecule has 0 atom stereocenters. The summed E-state index contributed by atoms with van der Waals surface area (Å²) >= 11 is 5.62. The van der Waals surface area contributed by atoms with Crippen molar-refractivity contribution in [1.82, 2.24) is 9.55 Å². The molecule has 0 aliphatic rings. The Bertz CT molecular complexity index is 624. The van der Waals surface area contributed by atoms with Gasteiger partial charge in [-0.3, -0.25) is 4.57 Å². The number of hydrogen-bond acceptors (Lipinski definition) is 2. The SMILES string of the molecule is FC(F)n1ccnc1CNc1cc(Cl)cc(C(F)(F)F)c1. The van der Waals surface area contributed by atoms with Crippen LogP contribution in [-0.2, 0) is 12.7 Å². The number of benzene rings is 1. The fourth-order valence-electron chi connectivity index (χ4n) is 1.70. The Kier molecular flexibility index (Phi) is 4.36. The van der Waals surface area contributed by atoms with Gasteiger partial charge in [0.2, 0.25) is 0 Å². The molecular weight excluding hydrogens is 317 g/mol. The quantitative estimate of drug-likeness (QED) is 0.835. The topological polar surface area (TPSA) is 29.9 Å². The zero-order valence-electron chi connectivity index (χ0n) is 10.3. The molecule has 9 heteroatoms. The highest BCUT2D eigenvalue weighted by Crippen LogP contribution is 2.33. The van der Waals surface area contributed by atoms with Gasteiger partial charge in [0.25, 0.3) is 0 Å². The first-order valence-corrected chi connectivity index (χ1v) is 6.06. The molecule has 0 bridgehead atoms. The number of nitrogens with zero attached hydrogens (tertiary/aromatic N) is 2. The van der Waals surface area contributed by atoms with E-state index in [1.54, 1.807) is 0 Å². The van der Waals surface area contributed by atoms with Crippen LogP contribution in [0.25, 0.3) is 0 Å². The van der Waals surface area contributed by atoms with Crippen molar-refractivity contribution in [3.05, 3.63) is 47.0 Å². The van der Waals surface area contributed by atoms with Gasteiger partial charge in [-0.2, -0.15) is 22.0 Å². The molecule has 0 saturated carbocycles. The molecule has 0 amide bonds. The Balaban J connectivity index is 2.17. The minimum absolute atomic E-state index is 0.00136. The molecule has 1 heterocycles. The van der Waals surface area contributed by atoms with Crippen molar-refractivity contribution in [2.24, 2.45) is 0 Å². The largest absolute Gasteiger partial charge is 0.416 e. The van der Waals surface area contributed by atoms with E-state index in [0.29, 0.717) is 4.57 Å². The molecule has 0 saturated heterocycles. The number of anilines is 1. The summed E-state index contributed by atoms with van der Waals surface area (Å²) in [6.07, 6.45) is -2.27. The highest BCUT2D eigenvalue weighted by molar-refractivity contribution is 6.30. The van der Waals surface area contributed by atoms with E-state index in [4.69, 9.17) is 11.6 Å². The summed E-state index contributed by atoms with van der Waals surface area (Å²) in [6.45, 7) is -2.93. The van der Waals surface area contributed by atoms with Crippen LogP contribution in [0.2, 0.25) is 5.02 Å². The maximum atomic E-state index is 12.6. The van der Waals surface area contributed by atoms with Gasteiger partial charge in [0.05, 0.1) is 12.1 Å². The van der Waals surface area contributed by atoms with E-state index in [1.807, 2.05) is 0 Å². The molecule has 21 heavy (non-hydrogen) atoms. The van der Waals surface area contributed by atoms with Gasteiger partial charge in [-0.15, -0.1) is 0 Å². The Morgan fingerprint density at radius 2 is 1.95 bits per heavy atom. The maximum Gasteiger partial charge on any atom is 0.416 e. The predicted molar refractivity (Wildman–Crippen MR) is 67.3 cm³/mol. The lowest BCUT2D eigenvalue weighted by Crippen LogP contribution is -2.10. The lowest BCUT2D eigenvalue weighted by Gasteiger charge is -2.12. The molecule has 3 nitrogen and oxygen atoms in total. The summed E-state index contributed by atoms with van der Waals surface area (Å²) in [5.41, 5.74) is -0.853. The number of imidazole rings is 1. The van der Waals surface area contributed by atoms with Crippen LogP contribution >= 0.6 is 11.6 Å². The van der Waals surface area contributed by atoms with Crippen molar-refractivity contribution < 1.29 is 22.0 Å². The van der Waals surface area contributed by atoms with E-state index in [2.05, 4.69) is 10.3 Å². The Morgan fingerprint density at radius 1 is 1.24 bits per heavy atom. The second-order valence-electron chi connectivity index (χ2n) is 4.11. The minimum Gasteiger partial charge on any atom is -0.378 e. The van der Waals surface area contributed by atoms with E-state index in [1.165, 1.54) is 12.3 Å². The number of nitrogens with one attached hydrogen (secondary N) is 1. The average molecular weight is 326 g/mol. The Hall–Kier alpha value is -1.83. The Morgan fingerprint density at radius 3 is 2.57 bits per heavy atom. The Labute approximate surface area is 121 Å². The van der Waals surface area contributed by atoms with Crippen molar-refractivity contribution in [3.63, 3.8) is 0 Å². The molecule has 2 aromatic rings. The van der Waals surface area contributed by atoms with Crippen LogP contribution in [0.4, 0.5) is 27.6 Å². The molecule has 0 radical (unpaired) electrons. The number of alkyl halides is 5. The monoisotopic (exact) mass is 325 g/mol. The maximum absolute atomic E-state index is 12.6. The standard InChI is InChI=1S/C12H9ClF5N3/c13-8-3-7(12(16,17)18)4-9(5-8)20-6-10-19-1-2-21(10)11(14)15/h1-5,11,20H,6H2. The van der Waals surface area contributed by atoms with Crippen LogP contribution in [-0.4, -0.2) is 9.55 Å². The van der Waals surface area contributed by atoms with Gasteiger partial charge in [0.15, 0.2) is 0 Å². The number of halogens is 6. The summed E-state index contributed by atoms with van der Waals surface area (Å²) in [6, 6.07) is 2.90. The van der Waals surface area contributed by atoms with Crippen LogP contribution in [0.3, 0.4) is 0 Å². The molecule has 1 aromatic carbocycles. The van der Waals surface area contributed by atoms with Gasteiger partial charge in [-0.05, 0) is 18.2 Å². The number of hydrogen-bond donors (Lipinski definition) is 1. The summed E-state index contributed by atoms with van der Waals surface area (Å²) in [7, 11) is 0. The summed E-state index contributed by atoms with van der Waals surface area (Å²) in [5, 5.41) is 2.49. The summed E-state index contributed by atoms with van der Waals surface area (Å²) in [4.78, 5) is 3.71. The molecular formula is C12H9ClF5N3. The van der Waals surface area contributed by atoms with Crippen molar-refractivity contribution in [3.8, 4) is 0 Å². The van der Waals surface area contributed by atoms with Crippen molar-refractivity contribution in [2.75, 3.05) is 5.32 Å². The highest BCUT2D eigenvalue weighted by Gasteiger charge is 2.31. The fourth-order valence-corrected chi connectivity index (χ4v) is 1.93. The third-order valence-electron chi connectivity index (χ3n) is 2.63. The van der Waals surface area contributed by atoms with Crippen molar-refractivity contribution in [2.45, 2.75) is 19.3 Å². The van der Waals surface area contributed by atoms with Gasteiger partial charge in [-0.25, -0.2) is 4.98 Å². The molecule has 1 aromatic heterocycles. The highest BCUT2D eigenvalue weighted by atomic mass is 35.5. The van der Waals surface area contributed by atoms with Gasteiger partial charge in [-0.1, -0.05) is 11.6 Å². The van der Waals surface area contributed by atoms with E-state index in [0.717, 1.165) is 18.3 Å². The molecule has 0 aliphatic carbocycles. The third kappa shape index (κ3) is 3.84. The van der Waals surface area contributed by atoms with Gasteiger partial charge < -0.3 is 5.32 Å². The fraction of sp³-hybridized carbons (Fsp3) is 0.250. The predicted octanol–water partition coefficient (Wildman–Crippen LogP) is 4.56. The van der Waals surface area contributed by atoms with E-state index >= 15 is 0 Å². The first-order chi connectivity index (χ1) is 9.77. The summed E-state index contributed by atoms with van der Waals surface area (Å²) < 4.78 is 63.7. The first-order valence-electron chi connectivity index (χ1n) is 5.69. The second kappa shape index (κ2) is 5.88. The molecule has 0 unspecified atom stereocenters. The normalized spacial score (nSPS) is 12.0. The molecule has 0 fully saturated rings. The molecule has 0 spiro atoms. The molecule has 1 N–H and O–H groups in total. The molecule has 0 aliphatic heterocycles. The van der Waals surface area contributed by atoms with E-state index < -0.39 is 18.3 Å². The third-order valence-corrected chi connectivity index (χ3v) is 2.85. The second-order valence-corrected chi connectivity index (χ2v) is 4.54. The van der Waals surface area contributed by atoms with Gasteiger partial charge in [0, 0.05) is 23.1 Å². The van der Waals surface area contributed by atoms with Crippen molar-refractivity contribution in [1.29, 1.82) is 0 Å².